The average molecular weight is 450 g/mol. The van der Waals surface area contributed by atoms with Crippen molar-refractivity contribution in [2.24, 2.45) is 4.99 Å². The van der Waals surface area contributed by atoms with Crippen LogP contribution in [0.2, 0.25) is 0 Å². The molecule has 12 heteroatoms. The molecule has 0 saturated heterocycles. The molecule has 1 heterocycles. The third kappa shape index (κ3) is 6.98. The molecule has 0 bridgehead atoms. The first-order valence-corrected chi connectivity index (χ1v) is 11.1. The predicted octanol–water partition coefficient (Wildman–Crippen LogP) is 2.37. The number of guanidine groups is 1. The Morgan fingerprint density at radius 3 is 2.45 bits per heavy atom. The van der Waals surface area contributed by atoms with E-state index in [4.69, 9.17) is 0 Å². The number of aliphatic imine (C=N–C) groups is 1. The van der Waals surface area contributed by atoms with Crippen LogP contribution in [0, 0.1) is 0 Å². The average Bonchev–Trinajstić information content (AvgIpc) is 3.16. The molecule has 29 heavy (non-hydrogen) atoms. The van der Waals surface area contributed by atoms with Crippen LogP contribution in [-0.2, 0) is 29.2 Å². The highest BCUT2D eigenvalue weighted by Gasteiger charge is 2.33. The molecule has 2 rings (SSSR count). The van der Waals surface area contributed by atoms with Gasteiger partial charge < -0.3 is 10.6 Å². The minimum absolute atomic E-state index is 0.166. The Kier molecular flexibility index (Phi) is 7.99. The van der Waals surface area contributed by atoms with Gasteiger partial charge in [0.2, 0.25) is 10.0 Å². The fraction of sp³-hybridized carbons (Fsp3) is 0.412. The van der Waals surface area contributed by atoms with Gasteiger partial charge in [-0.05, 0) is 31.7 Å². The summed E-state index contributed by atoms with van der Waals surface area (Å²) in [6.07, 6.45) is -4.09. The van der Waals surface area contributed by atoms with Crippen LogP contribution in [0.15, 0.2) is 39.5 Å². The molecule has 0 saturated carbocycles. The molecule has 3 N–H and O–H groups in total. The Labute approximate surface area is 171 Å². The van der Waals surface area contributed by atoms with Crippen molar-refractivity contribution in [1.29, 1.82) is 0 Å². The zero-order valence-corrected chi connectivity index (χ0v) is 17.5. The summed E-state index contributed by atoms with van der Waals surface area (Å²) >= 11 is 0.971. The monoisotopic (exact) mass is 449 g/mol. The molecular weight excluding hydrogens is 427 g/mol. The molecular formula is C17H22F3N5O2S2. The second-order valence-electron chi connectivity index (χ2n) is 5.85. The van der Waals surface area contributed by atoms with Crippen molar-refractivity contribution in [3.05, 3.63) is 45.9 Å². The molecule has 0 radical (unpaired) electrons. The van der Waals surface area contributed by atoms with Crippen LogP contribution >= 0.6 is 11.3 Å². The molecule has 0 aliphatic carbocycles. The second-order valence-corrected chi connectivity index (χ2v) is 8.68. The second kappa shape index (κ2) is 10.0. The van der Waals surface area contributed by atoms with Crippen LogP contribution in [0.5, 0.6) is 0 Å². The molecule has 0 aliphatic heterocycles. The number of hydrogen-bond donors (Lipinski definition) is 3. The zero-order valence-electron chi connectivity index (χ0n) is 15.9. The van der Waals surface area contributed by atoms with E-state index < -0.39 is 21.9 Å². The zero-order chi connectivity index (χ0) is 21.5. The number of halogens is 3. The number of hydrogen-bond acceptors (Lipinski definition) is 5. The highest BCUT2D eigenvalue weighted by molar-refractivity contribution is 7.89. The summed E-state index contributed by atoms with van der Waals surface area (Å²) in [6, 6.07) is 6.34. The lowest BCUT2D eigenvalue weighted by atomic mass is 10.2. The SMILES string of the molecule is CCNC(=NCc1ccc(S(=O)(=O)NC)cc1)NCCc1nc(C(F)(F)F)cs1. The van der Waals surface area contributed by atoms with E-state index in [1.54, 1.807) is 12.1 Å². The Hall–Kier alpha value is -2.18. The van der Waals surface area contributed by atoms with Gasteiger partial charge in [0.1, 0.15) is 0 Å². The molecule has 160 valence electrons. The first kappa shape index (κ1) is 23.1. The van der Waals surface area contributed by atoms with Crippen molar-refractivity contribution in [1.82, 2.24) is 20.3 Å². The standard InChI is InChI=1S/C17H22F3N5O2S2/c1-3-22-16(23-9-8-15-25-14(11-28-15)17(18,19)20)24-10-12-4-6-13(7-5-12)29(26,27)21-2/h4-7,11,21H,3,8-10H2,1-2H3,(H2,22,23,24). The van der Waals surface area contributed by atoms with E-state index in [2.05, 4.69) is 25.3 Å². The smallest absolute Gasteiger partial charge is 0.357 e. The van der Waals surface area contributed by atoms with Crippen molar-refractivity contribution in [2.45, 2.75) is 31.0 Å². The maximum atomic E-state index is 12.6. The molecule has 2 aromatic rings. The van der Waals surface area contributed by atoms with Gasteiger partial charge in [0.15, 0.2) is 11.7 Å². The Bertz CT molecular complexity index is 925. The molecule has 0 aliphatic rings. The number of nitrogens with zero attached hydrogens (tertiary/aromatic N) is 2. The number of alkyl halides is 3. The van der Waals surface area contributed by atoms with Crippen LogP contribution in [0.4, 0.5) is 13.2 Å². The van der Waals surface area contributed by atoms with Crippen molar-refractivity contribution in [3.8, 4) is 0 Å². The fourth-order valence-electron chi connectivity index (χ4n) is 2.25. The van der Waals surface area contributed by atoms with Gasteiger partial charge in [0, 0.05) is 24.9 Å². The Balaban J connectivity index is 1.93. The van der Waals surface area contributed by atoms with Crippen molar-refractivity contribution in [3.63, 3.8) is 0 Å². The van der Waals surface area contributed by atoms with Gasteiger partial charge in [-0.3, -0.25) is 0 Å². The summed E-state index contributed by atoms with van der Waals surface area (Å²) in [6.45, 7) is 3.19. The number of aromatic nitrogens is 1. The van der Waals surface area contributed by atoms with Gasteiger partial charge in [0.25, 0.3) is 0 Å². The molecule has 0 unspecified atom stereocenters. The van der Waals surface area contributed by atoms with Crippen molar-refractivity contribution in [2.75, 3.05) is 20.1 Å². The molecule has 1 aromatic carbocycles. The molecule has 0 spiro atoms. The van der Waals surface area contributed by atoms with Crippen LogP contribution in [0.1, 0.15) is 23.2 Å². The van der Waals surface area contributed by atoms with Crippen LogP contribution in [-0.4, -0.2) is 39.5 Å². The molecule has 0 amide bonds. The highest BCUT2D eigenvalue weighted by Crippen LogP contribution is 2.29. The van der Waals surface area contributed by atoms with Gasteiger partial charge in [-0.25, -0.2) is 23.1 Å². The first-order chi connectivity index (χ1) is 13.7. The minimum atomic E-state index is -4.43. The Morgan fingerprint density at radius 1 is 1.21 bits per heavy atom. The Morgan fingerprint density at radius 2 is 1.90 bits per heavy atom. The summed E-state index contributed by atoms with van der Waals surface area (Å²) in [5.74, 6) is 0.507. The topological polar surface area (TPSA) is 95.5 Å². The molecule has 0 fully saturated rings. The van der Waals surface area contributed by atoms with Crippen molar-refractivity contribution < 1.29 is 21.6 Å². The van der Waals surface area contributed by atoms with E-state index in [0.717, 1.165) is 22.3 Å². The first-order valence-electron chi connectivity index (χ1n) is 8.72. The number of sulfonamides is 1. The van der Waals surface area contributed by atoms with Crippen LogP contribution in [0.25, 0.3) is 0 Å². The van der Waals surface area contributed by atoms with E-state index in [0.29, 0.717) is 37.0 Å². The summed E-state index contributed by atoms with van der Waals surface area (Å²) < 4.78 is 63.5. The van der Waals surface area contributed by atoms with Gasteiger partial charge in [-0.15, -0.1) is 11.3 Å². The maximum Gasteiger partial charge on any atom is 0.434 e. The van der Waals surface area contributed by atoms with E-state index in [1.807, 2.05) is 6.92 Å². The quantitative estimate of drug-likeness (QED) is 0.425. The maximum absolute atomic E-state index is 12.6. The lowest BCUT2D eigenvalue weighted by Crippen LogP contribution is -2.38. The van der Waals surface area contributed by atoms with Crippen LogP contribution in [0.3, 0.4) is 0 Å². The highest BCUT2D eigenvalue weighted by atomic mass is 32.2. The summed E-state index contributed by atoms with van der Waals surface area (Å²) in [4.78, 5) is 8.16. The third-order valence-electron chi connectivity index (χ3n) is 3.74. The molecule has 7 nitrogen and oxygen atoms in total. The largest absolute Gasteiger partial charge is 0.434 e. The minimum Gasteiger partial charge on any atom is -0.357 e. The van der Waals surface area contributed by atoms with Gasteiger partial charge >= 0.3 is 6.18 Å². The number of nitrogens with one attached hydrogen (secondary N) is 3. The lowest BCUT2D eigenvalue weighted by Gasteiger charge is -2.11. The fourth-order valence-corrected chi connectivity index (χ4v) is 3.78. The summed E-state index contributed by atoms with van der Waals surface area (Å²) in [7, 11) is -2.14. The molecule has 0 atom stereocenters. The van der Waals surface area contributed by atoms with Gasteiger partial charge in [0.05, 0.1) is 16.4 Å². The van der Waals surface area contributed by atoms with Crippen molar-refractivity contribution >= 4 is 27.3 Å². The number of benzene rings is 1. The van der Waals surface area contributed by atoms with E-state index in [1.165, 1.54) is 19.2 Å². The normalized spacial score (nSPS) is 12.8. The number of rotatable bonds is 8. The van der Waals surface area contributed by atoms with E-state index in [-0.39, 0.29) is 4.90 Å². The third-order valence-corrected chi connectivity index (χ3v) is 6.08. The van der Waals surface area contributed by atoms with E-state index in [9.17, 15) is 21.6 Å². The summed E-state index contributed by atoms with van der Waals surface area (Å²) in [5.41, 5.74) is -0.0613. The van der Waals surface area contributed by atoms with Gasteiger partial charge in [-0.2, -0.15) is 13.2 Å². The molecule has 1 aromatic heterocycles. The van der Waals surface area contributed by atoms with E-state index >= 15 is 0 Å². The van der Waals surface area contributed by atoms with Gasteiger partial charge in [-0.1, -0.05) is 12.1 Å². The number of thiazole rings is 1. The lowest BCUT2D eigenvalue weighted by molar-refractivity contribution is -0.140. The summed E-state index contributed by atoms with van der Waals surface area (Å²) in [5, 5.41) is 7.50. The van der Waals surface area contributed by atoms with Crippen LogP contribution < -0.4 is 15.4 Å². The predicted molar refractivity (Wildman–Crippen MR) is 106 cm³/mol.